The van der Waals surface area contributed by atoms with E-state index in [-0.39, 0.29) is 12.4 Å². The van der Waals surface area contributed by atoms with Gasteiger partial charge in [0.2, 0.25) is 0 Å². The zero-order valence-electron chi connectivity index (χ0n) is 14.4. The first kappa shape index (κ1) is 19.7. The van der Waals surface area contributed by atoms with E-state index in [1.54, 1.807) is 48.5 Å². The van der Waals surface area contributed by atoms with E-state index in [0.29, 0.717) is 10.7 Å². The molecule has 2 aromatic carbocycles. The van der Waals surface area contributed by atoms with Crippen LogP contribution in [0.1, 0.15) is 21.5 Å². The third-order valence-corrected chi connectivity index (χ3v) is 4.08. The lowest BCUT2D eigenvalue weighted by atomic mass is 10.1. The van der Waals surface area contributed by atoms with Crippen LogP contribution in [0.2, 0.25) is 5.02 Å². The van der Waals surface area contributed by atoms with E-state index < -0.39 is 23.2 Å². The number of carbonyl (C=O) groups is 1. The molecule has 0 bridgehead atoms. The minimum Gasteiger partial charge on any atom is -0.348 e. The van der Waals surface area contributed by atoms with Gasteiger partial charge in [-0.15, -0.1) is 0 Å². The van der Waals surface area contributed by atoms with Gasteiger partial charge < -0.3 is 10.6 Å². The maximum absolute atomic E-state index is 13.5. The summed E-state index contributed by atoms with van der Waals surface area (Å²) >= 11 is 5.87. The molecule has 0 unspecified atom stereocenters. The second kappa shape index (κ2) is 8.31. The Hall–Kier alpha value is -3.06. The number of nitrogens with one attached hydrogen (secondary N) is 2. The fourth-order valence-corrected chi connectivity index (χ4v) is 2.72. The van der Waals surface area contributed by atoms with Crippen molar-refractivity contribution in [1.29, 1.82) is 0 Å². The summed E-state index contributed by atoms with van der Waals surface area (Å²) < 4.78 is 40.5. The summed E-state index contributed by atoms with van der Waals surface area (Å²) in [5.74, 6) is -0.896. The second-order valence-electron chi connectivity index (χ2n) is 5.92. The summed E-state index contributed by atoms with van der Waals surface area (Å²) in [6.07, 6.45) is -3.80. The first-order valence-corrected chi connectivity index (χ1v) is 8.63. The molecule has 0 saturated heterocycles. The SMILES string of the molecule is O=C(NCc1ccccc1)c1cnc(Nc2cccc(Cl)c2)cc1C(F)(F)F. The van der Waals surface area contributed by atoms with Gasteiger partial charge in [0, 0.05) is 23.5 Å². The maximum Gasteiger partial charge on any atom is 0.417 e. The van der Waals surface area contributed by atoms with Gasteiger partial charge in [0.1, 0.15) is 5.82 Å². The minimum absolute atomic E-state index is 0.0470. The largest absolute Gasteiger partial charge is 0.417 e. The molecule has 1 aromatic heterocycles. The smallest absolute Gasteiger partial charge is 0.348 e. The number of pyridine rings is 1. The van der Waals surface area contributed by atoms with E-state index in [2.05, 4.69) is 15.6 Å². The van der Waals surface area contributed by atoms with Crippen LogP contribution in [0.4, 0.5) is 24.7 Å². The summed E-state index contributed by atoms with van der Waals surface area (Å²) in [6, 6.07) is 16.2. The fraction of sp³-hybridized carbons (Fsp3) is 0.100. The van der Waals surface area contributed by atoms with Crippen molar-refractivity contribution in [1.82, 2.24) is 10.3 Å². The molecule has 0 aliphatic heterocycles. The summed E-state index contributed by atoms with van der Waals surface area (Å²) in [4.78, 5) is 16.2. The number of nitrogens with zero attached hydrogens (tertiary/aromatic N) is 1. The molecule has 0 spiro atoms. The maximum atomic E-state index is 13.5. The molecule has 0 radical (unpaired) electrons. The van der Waals surface area contributed by atoms with Crippen molar-refractivity contribution in [3.63, 3.8) is 0 Å². The van der Waals surface area contributed by atoms with E-state index in [4.69, 9.17) is 11.6 Å². The van der Waals surface area contributed by atoms with Gasteiger partial charge in [0.05, 0.1) is 11.1 Å². The van der Waals surface area contributed by atoms with Crippen molar-refractivity contribution in [2.75, 3.05) is 5.32 Å². The van der Waals surface area contributed by atoms with E-state index in [1.807, 2.05) is 6.07 Å². The Bertz CT molecular complexity index is 978. The highest BCUT2D eigenvalue weighted by molar-refractivity contribution is 6.30. The Morgan fingerprint density at radius 3 is 2.46 bits per heavy atom. The number of hydrogen-bond acceptors (Lipinski definition) is 3. The molecule has 4 nitrogen and oxygen atoms in total. The van der Waals surface area contributed by atoms with E-state index in [1.165, 1.54) is 0 Å². The molecule has 1 heterocycles. The van der Waals surface area contributed by atoms with Gasteiger partial charge in [0.25, 0.3) is 5.91 Å². The molecule has 1 amide bonds. The van der Waals surface area contributed by atoms with Crippen LogP contribution in [0.15, 0.2) is 66.9 Å². The molecule has 0 aliphatic carbocycles. The number of aromatic nitrogens is 1. The number of benzene rings is 2. The highest BCUT2D eigenvalue weighted by Gasteiger charge is 2.36. The predicted octanol–water partition coefficient (Wildman–Crippen LogP) is 5.43. The lowest BCUT2D eigenvalue weighted by Crippen LogP contribution is -2.26. The normalized spacial score (nSPS) is 11.1. The Morgan fingerprint density at radius 2 is 1.79 bits per heavy atom. The van der Waals surface area contributed by atoms with Crippen LogP contribution in [-0.2, 0) is 12.7 Å². The summed E-state index contributed by atoms with van der Waals surface area (Å²) in [7, 11) is 0. The molecule has 0 atom stereocenters. The molecule has 2 N–H and O–H groups in total. The number of amides is 1. The monoisotopic (exact) mass is 405 g/mol. The van der Waals surface area contributed by atoms with Crippen LogP contribution >= 0.6 is 11.6 Å². The van der Waals surface area contributed by atoms with Crippen LogP contribution in [0.3, 0.4) is 0 Å². The average molecular weight is 406 g/mol. The molecule has 28 heavy (non-hydrogen) atoms. The first-order valence-electron chi connectivity index (χ1n) is 8.25. The molecule has 0 fully saturated rings. The number of rotatable bonds is 5. The number of hydrogen-bond donors (Lipinski definition) is 2. The van der Waals surface area contributed by atoms with Crippen LogP contribution in [0, 0.1) is 0 Å². The molecule has 3 aromatic rings. The van der Waals surface area contributed by atoms with Crippen molar-refractivity contribution < 1.29 is 18.0 Å². The second-order valence-corrected chi connectivity index (χ2v) is 6.35. The molecular weight excluding hydrogens is 391 g/mol. The standard InChI is InChI=1S/C20H15ClF3N3O/c21-14-7-4-8-15(9-14)27-18-10-17(20(22,23)24)16(12-25-18)19(28)26-11-13-5-2-1-3-6-13/h1-10,12H,11H2,(H,25,27)(H,26,28). The van der Waals surface area contributed by atoms with Crippen molar-refractivity contribution in [2.45, 2.75) is 12.7 Å². The van der Waals surface area contributed by atoms with Crippen LogP contribution < -0.4 is 10.6 Å². The summed E-state index contributed by atoms with van der Waals surface area (Å²) in [5.41, 5.74) is -0.358. The molecule has 8 heteroatoms. The van der Waals surface area contributed by atoms with Crippen LogP contribution in [0.25, 0.3) is 0 Å². The van der Waals surface area contributed by atoms with Gasteiger partial charge in [-0.1, -0.05) is 48.0 Å². The Kier molecular flexibility index (Phi) is 5.84. The zero-order valence-corrected chi connectivity index (χ0v) is 15.2. The van der Waals surface area contributed by atoms with Crippen molar-refractivity contribution in [2.24, 2.45) is 0 Å². The number of alkyl halides is 3. The summed E-state index contributed by atoms with van der Waals surface area (Å²) in [5, 5.41) is 5.67. The lowest BCUT2D eigenvalue weighted by Gasteiger charge is -2.15. The van der Waals surface area contributed by atoms with Crippen LogP contribution in [-0.4, -0.2) is 10.9 Å². The zero-order chi connectivity index (χ0) is 20.1. The van der Waals surface area contributed by atoms with Gasteiger partial charge in [-0.05, 0) is 29.8 Å². The fourth-order valence-electron chi connectivity index (χ4n) is 2.53. The third-order valence-electron chi connectivity index (χ3n) is 3.85. The van der Waals surface area contributed by atoms with Gasteiger partial charge in [0.15, 0.2) is 0 Å². The molecule has 0 aliphatic rings. The van der Waals surface area contributed by atoms with Gasteiger partial charge in [-0.25, -0.2) is 4.98 Å². The van der Waals surface area contributed by atoms with Crippen LogP contribution in [0.5, 0.6) is 0 Å². The van der Waals surface area contributed by atoms with Gasteiger partial charge >= 0.3 is 6.18 Å². The number of carbonyl (C=O) groups excluding carboxylic acids is 1. The third kappa shape index (κ3) is 5.01. The highest BCUT2D eigenvalue weighted by Crippen LogP contribution is 2.33. The highest BCUT2D eigenvalue weighted by atomic mass is 35.5. The Balaban J connectivity index is 1.83. The van der Waals surface area contributed by atoms with E-state index in [0.717, 1.165) is 17.8 Å². The van der Waals surface area contributed by atoms with E-state index in [9.17, 15) is 18.0 Å². The first-order chi connectivity index (χ1) is 13.3. The van der Waals surface area contributed by atoms with Gasteiger partial charge in [-0.2, -0.15) is 13.2 Å². The Morgan fingerprint density at radius 1 is 1.04 bits per heavy atom. The quantitative estimate of drug-likeness (QED) is 0.595. The molecule has 3 rings (SSSR count). The summed E-state index contributed by atoms with van der Waals surface area (Å²) in [6.45, 7) is 0.111. The van der Waals surface area contributed by atoms with Crippen molar-refractivity contribution >= 4 is 29.0 Å². The molecular formula is C20H15ClF3N3O. The molecule has 0 saturated carbocycles. The number of halogens is 4. The average Bonchev–Trinajstić information content (AvgIpc) is 2.66. The van der Waals surface area contributed by atoms with E-state index >= 15 is 0 Å². The van der Waals surface area contributed by atoms with Crippen molar-refractivity contribution in [3.8, 4) is 0 Å². The topological polar surface area (TPSA) is 54.0 Å². The minimum atomic E-state index is -4.72. The molecule has 144 valence electrons. The predicted molar refractivity (Wildman–Crippen MR) is 102 cm³/mol. The van der Waals surface area contributed by atoms with Crippen molar-refractivity contribution in [3.05, 3.63) is 88.6 Å². The lowest BCUT2D eigenvalue weighted by molar-refractivity contribution is -0.137. The Labute approximate surface area is 164 Å². The number of anilines is 2. The van der Waals surface area contributed by atoms with Gasteiger partial charge in [-0.3, -0.25) is 4.79 Å².